The SMILES string of the molecule is CCCCOc1ccc(C2/C(=C(\O)c3ccc4c(c3)OCCO4)C(=O)C(=O)N2c2nnc(SCc3ccc(Cl)cc3)s2)cc1. The van der Waals surface area contributed by atoms with Gasteiger partial charge in [-0.15, -0.1) is 10.2 Å². The van der Waals surface area contributed by atoms with Gasteiger partial charge in [-0.1, -0.05) is 72.3 Å². The highest BCUT2D eigenvalue weighted by molar-refractivity contribution is 8.00. The molecule has 3 heterocycles. The number of carbonyl (C=O) groups is 2. The number of anilines is 1. The van der Waals surface area contributed by atoms with E-state index in [1.807, 2.05) is 24.3 Å². The van der Waals surface area contributed by atoms with Crippen molar-refractivity contribution in [1.29, 1.82) is 0 Å². The van der Waals surface area contributed by atoms with E-state index in [0.717, 1.165) is 18.4 Å². The van der Waals surface area contributed by atoms with Gasteiger partial charge in [-0.3, -0.25) is 14.5 Å². The van der Waals surface area contributed by atoms with Crippen LogP contribution in [0.2, 0.25) is 5.02 Å². The van der Waals surface area contributed by atoms with Crippen molar-refractivity contribution in [2.24, 2.45) is 0 Å². The van der Waals surface area contributed by atoms with Crippen LogP contribution in [0.1, 0.15) is 42.5 Å². The van der Waals surface area contributed by atoms with Crippen LogP contribution in [0.5, 0.6) is 17.2 Å². The maximum Gasteiger partial charge on any atom is 0.301 e. The molecule has 1 N–H and O–H groups in total. The molecule has 2 aliphatic rings. The second kappa shape index (κ2) is 13.3. The lowest BCUT2D eigenvalue weighted by atomic mass is 9.95. The number of hydrogen-bond acceptors (Lipinski definition) is 10. The molecule has 1 fully saturated rings. The van der Waals surface area contributed by atoms with Gasteiger partial charge in [0.15, 0.2) is 15.8 Å². The lowest BCUT2D eigenvalue weighted by Crippen LogP contribution is -2.29. The Hall–Kier alpha value is -4.06. The number of Topliss-reactive ketones (excluding diaryl/α,β-unsaturated/α-hetero) is 1. The summed E-state index contributed by atoms with van der Waals surface area (Å²) in [6.07, 6.45) is 1.93. The fraction of sp³-hybridized carbons (Fsp3) is 0.250. The van der Waals surface area contributed by atoms with Crippen LogP contribution in [-0.2, 0) is 15.3 Å². The number of aliphatic hydroxyl groups excluding tert-OH is 1. The van der Waals surface area contributed by atoms with Crippen LogP contribution in [0.25, 0.3) is 5.76 Å². The average molecular weight is 650 g/mol. The highest BCUT2D eigenvalue weighted by atomic mass is 35.5. The summed E-state index contributed by atoms with van der Waals surface area (Å²) in [7, 11) is 0. The van der Waals surface area contributed by atoms with Crippen LogP contribution < -0.4 is 19.1 Å². The van der Waals surface area contributed by atoms with Crippen molar-refractivity contribution in [1.82, 2.24) is 10.2 Å². The number of benzene rings is 3. The number of ketones is 1. The molecule has 0 bridgehead atoms. The molecule has 0 aliphatic carbocycles. The van der Waals surface area contributed by atoms with Crippen LogP contribution in [0.3, 0.4) is 0 Å². The zero-order valence-corrected chi connectivity index (χ0v) is 26.1. The molecule has 1 atom stereocenters. The molecule has 44 heavy (non-hydrogen) atoms. The first-order valence-electron chi connectivity index (χ1n) is 14.1. The van der Waals surface area contributed by atoms with Crippen molar-refractivity contribution in [3.8, 4) is 17.2 Å². The molecule has 2 aliphatic heterocycles. The Morgan fingerprint density at radius 1 is 1.05 bits per heavy atom. The maximum absolute atomic E-state index is 13.6. The number of unbranched alkanes of at least 4 members (excludes halogenated alkanes) is 1. The second-order valence-electron chi connectivity index (χ2n) is 10.1. The van der Waals surface area contributed by atoms with Gasteiger partial charge in [0.25, 0.3) is 5.78 Å². The van der Waals surface area contributed by atoms with Gasteiger partial charge in [0, 0.05) is 16.3 Å². The van der Waals surface area contributed by atoms with Gasteiger partial charge in [-0.05, 0) is 60.0 Å². The van der Waals surface area contributed by atoms with E-state index in [-0.39, 0.29) is 16.5 Å². The Balaban J connectivity index is 1.36. The molecule has 0 saturated carbocycles. The predicted molar refractivity (Wildman–Crippen MR) is 170 cm³/mol. The topological polar surface area (TPSA) is 111 Å². The van der Waals surface area contributed by atoms with E-state index >= 15 is 0 Å². The van der Waals surface area contributed by atoms with Crippen LogP contribution in [0, 0.1) is 0 Å². The summed E-state index contributed by atoms with van der Waals surface area (Å²) < 4.78 is 17.7. The molecule has 1 unspecified atom stereocenters. The number of fused-ring (bicyclic) bond motifs is 1. The second-order valence-corrected chi connectivity index (χ2v) is 12.7. The van der Waals surface area contributed by atoms with E-state index in [4.69, 9.17) is 25.8 Å². The summed E-state index contributed by atoms with van der Waals surface area (Å²) in [5, 5.41) is 21.0. The fourth-order valence-corrected chi connectivity index (χ4v) is 6.81. The van der Waals surface area contributed by atoms with Crippen molar-refractivity contribution >= 4 is 57.3 Å². The van der Waals surface area contributed by atoms with Crippen molar-refractivity contribution in [2.75, 3.05) is 24.7 Å². The summed E-state index contributed by atoms with van der Waals surface area (Å²) in [6, 6.07) is 18.6. The summed E-state index contributed by atoms with van der Waals surface area (Å²) in [4.78, 5) is 28.5. The van der Waals surface area contributed by atoms with Gasteiger partial charge < -0.3 is 19.3 Å². The number of hydrogen-bond donors (Lipinski definition) is 1. The molecule has 0 spiro atoms. The zero-order chi connectivity index (χ0) is 30.6. The average Bonchev–Trinajstić information content (AvgIpc) is 3.62. The number of aliphatic hydroxyl groups is 1. The molecule has 4 aromatic rings. The van der Waals surface area contributed by atoms with E-state index in [1.165, 1.54) is 28.0 Å². The van der Waals surface area contributed by atoms with Crippen LogP contribution >= 0.6 is 34.7 Å². The van der Waals surface area contributed by atoms with Crippen molar-refractivity contribution < 1.29 is 28.9 Å². The minimum atomic E-state index is -0.949. The van der Waals surface area contributed by atoms with Gasteiger partial charge in [0.05, 0.1) is 18.2 Å². The lowest BCUT2D eigenvalue weighted by Gasteiger charge is -2.23. The summed E-state index contributed by atoms with van der Waals surface area (Å²) >= 11 is 8.67. The number of thioether (sulfide) groups is 1. The van der Waals surface area contributed by atoms with E-state index < -0.39 is 17.7 Å². The predicted octanol–water partition coefficient (Wildman–Crippen LogP) is 7.06. The molecule has 6 rings (SSSR count). The Morgan fingerprint density at radius 3 is 2.55 bits per heavy atom. The minimum absolute atomic E-state index is 0.0584. The third-order valence-electron chi connectivity index (χ3n) is 7.10. The molecule has 0 radical (unpaired) electrons. The molecular formula is C32H28ClN3O6S2. The van der Waals surface area contributed by atoms with Crippen molar-refractivity contribution in [2.45, 2.75) is 35.9 Å². The lowest BCUT2D eigenvalue weighted by molar-refractivity contribution is -0.132. The van der Waals surface area contributed by atoms with Gasteiger partial charge >= 0.3 is 5.91 Å². The largest absolute Gasteiger partial charge is 0.507 e. The first kappa shape index (κ1) is 30.0. The van der Waals surface area contributed by atoms with Gasteiger partial charge in [0.1, 0.15) is 24.7 Å². The zero-order valence-electron chi connectivity index (χ0n) is 23.7. The van der Waals surface area contributed by atoms with E-state index in [1.54, 1.807) is 42.5 Å². The van der Waals surface area contributed by atoms with Gasteiger partial charge in [-0.2, -0.15) is 0 Å². The Morgan fingerprint density at radius 2 is 1.80 bits per heavy atom. The molecule has 1 amide bonds. The van der Waals surface area contributed by atoms with Gasteiger partial charge in [-0.25, -0.2) is 0 Å². The number of aromatic nitrogens is 2. The number of carbonyl (C=O) groups excluding carboxylic acids is 2. The molecule has 1 saturated heterocycles. The van der Waals surface area contributed by atoms with Crippen LogP contribution in [0.15, 0.2) is 76.6 Å². The molecule has 3 aromatic carbocycles. The number of halogens is 1. The van der Waals surface area contributed by atoms with Crippen LogP contribution in [0.4, 0.5) is 5.13 Å². The van der Waals surface area contributed by atoms with Crippen molar-refractivity contribution in [3.63, 3.8) is 0 Å². The summed E-state index contributed by atoms with van der Waals surface area (Å²) in [5.41, 5.74) is 1.93. The molecular weight excluding hydrogens is 622 g/mol. The fourth-order valence-electron chi connectivity index (χ4n) is 4.86. The first-order chi connectivity index (χ1) is 21.4. The first-order valence-corrected chi connectivity index (χ1v) is 16.3. The Kier molecular flexibility index (Phi) is 9.06. The standard InChI is InChI=1S/C32H28ClN3O6S2/c1-2-3-14-40-23-11-6-20(7-12-23)27-26(28(37)21-8-13-24-25(17-21)42-16-15-41-24)29(38)30(39)36(27)31-34-35-32(44-31)43-18-19-4-9-22(33)10-5-19/h4-13,17,27,37H,2-3,14-16,18H2,1H3/b28-26+. The monoisotopic (exact) mass is 649 g/mol. The Labute approximate surface area is 267 Å². The third-order valence-corrected chi connectivity index (χ3v) is 9.48. The summed E-state index contributed by atoms with van der Waals surface area (Å²) in [6.45, 7) is 3.46. The smallest absolute Gasteiger partial charge is 0.301 e. The Bertz CT molecular complexity index is 1710. The number of rotatable bonds is 10. The molecule has 9 nitrogen and oxygen atoms in total. The number of ether oxygens (including phenoxy) is 3. The van der Waals surface area contributed by atoms with E-state index in [9.17, 15) is 14.7 Å². The quantitative estimate of drug-likeness (QED) is 0.0482. The van der Waals surface area contributed by atoms with Crippen molar-refractivity contribution in [3.05, 3.63) is 94.0 Å². The summed E-state index contributed by atoms with van der Waals surface area (Å²) in [5.74, 6) is 0.337. The van der Waals surface area contributed by atoms with Crippen LogP contribution in [-0.4, -0.2) is 46.8 Å². The molecule has 12 heteroatoms. The highest BCUT2D eigenvalue weighted by Crippen LogP contribution is 2.45. The third kappa shape index (κ3) is 6.26. The molecule has 1 aromatic heterocycles. The number of amides is 1. The normalized spacial score (nSPS) is 17.2. The van der Waals surface area contributed by atoms with E-state index in [0.29, 0.717) is 63.3 Å². The molecule has 226 valence electrons. The highest BCUT2D eigenvalue weighted by Gasteiger charge is 2.48. The minimum Gasteiger partial charge on any atom is -0.507 e. The van der Waals surface area contributed by atoms with Gasteiger partial charge in [0.2, 0.25) is 5.13 Å². The maximum atomic E-state index is 13.6. The van der Waals surface area contributed by atoms with E-state index in [2.05, 4.69) is 17.1 Å². The number of nitrogens with zero attached hydrogens (tertiary/aromatic N) is 3.